The first kappa shape index (κ1) is 15.3. The molecular formula is C14H24ClN5. The number of aryl methyl sites for hydroxylation is 3. The van der Waals surface area contributed by atoms with Crippen LogP contribution in [0.25, 0.3) is 11.2 Å². The summed E-state index contributed by atoms with van der Waals surface area (Å²) in [5, 5.41) is 4.46. The predicted octanol–water partition coefficient (Wildman–Crippen LogP) is 2.20. The minimum absolute atomic E-state index is 0.541. The van der Waals surface area contributed by atoms with Crippen LogP contribution >= 0.6 is 11.6 Å². The van der Waals surface area contributed by atoms with Crippen molar-refractivity contribution in [3.8, 4) is 0 Å². The maximum absolute atomic E-state index is 5.91. The van der Waals surface area contributed by atoms with Gasteiger partial charge in [-0.2, -0.15) is 5.10 Å². The molecule has 112 valence electrons. The van der Waals surface area contributed by atoms with Crippen LogP contribution in [-0.2, 0) is 20.0 Å². The molecule has 6 heteroatoms. The summed E-state index contributed by atoms with van der Waals surface area (Å²) in [7, 11) is 4.12. The van der Waals surface area contributed by atoms with Gasteiger partial charge in [0.25, 0.3) is 0 Å². The third-order valence-electron chi connectivity index (χ3n) is 3.85. The third-order valence-corrected chi connectivity index (χ3v) is 4.03. The van der Waals surface area contributed by atoms with E-state index in [1.54, 1.807) is 0 Å². The van der Waals surface area contributed by atoms with Crippen molar-refractivity contribution in [2.75, 3.05) is 19.5 Å². The number of alkyl halides is 1. The van der Waals surface area contributed by atoms with Crippen molar-refractivity contribution in [1.29, 1.82) is 0 Å². The highest BCUT2D eigenvalue weighted by Gasteiger charge is 2.17. The molecule has 20 heavy (non-hydrogen) atoms. The molecule has 0 aliphatic carbocycles. The van der Waals surface area contributed by atoms with Crippen molar-refractivity contribution in [2.24, 2.45) is 7.05 Å². The van der Waals surface area contributed by atoms with Crippen LogP contribution in [0, 0.1) is 6.92 Å². The molecule has 0 atom stereocenters. The SMILES string of the molecule is Cc1nn(C)c2c1nc(CCCl)n2CCN(C)C(C)C. The predicted molar refractivity (Wildman–Crippen MR) is 83.4 cm³/mol. The Kier molecular flexibility index (Phi) is 4.70. The number of nitrogens with zero attached hydrogens (tertiary/aromatic N) is 5. The van der Waals surface area contributed by atoms with E-state index in [0.717, 1.165) is 42.2 Å². The van der Waals surface area contributed by atoms with E-state index in [4.69, 9.17) is 16.6 Å². The van der Waals surface area contributed by atoms with Gasteiger partial charge in [-0.3, -0.25) is 4.68 Å². The number of halogens is 1. The number of rotatable bonds is 6. The van der Waals surface area contributed by atoms with E-state index in [-0.39, 0.29) is 0 Å². The Labute approximate surface area is 125 Å². The van der Waals surface area contributed by atoms with E-state index >= 15 is 0 Å². The van der Waals surface area contributed by atoms with Gasteiger partial charge < -0.3 is 9.47 Å². The van der Waals surface area contributed by atoms with Crippen LogP contribution in [0.4, 0.5) is 0 Å². The van der Waals surface area contributed by atoms with E-state index in [2.05, 4.69) is 35.5 Å². The molecule has 2 aromatic heterocycles. The zero-order valence-electron chi connectivity index (χ0n) is 13.0. The van der Waals surface area contributed by atoms with Crippen LogP contribution in [-0.4, -0.2) is 49.7 Å². The van der Waals surface area contributed by atoms with Gasteiger partial charge in [0.05, 0.1) is 5.69 Å². The van der Waals surface area contributed by atoms with E-state index in [1.807, 2.05) is 18.7 Å². The molecule has 0 aliphatic rings. The highest BCUT2D eigenvalue weighted by atomic mass is 35.5. The van der Waals surface area contributed by atoms with Gasteiger partial charge in [0.15, 0.2) is 5.65 Å². The van der Waals surface area contributed by atoms with Crippen LogP contribution in [0.1, 0.15) is 25.4 Å². The Balaban J connectivity index is 2.35. The first-order valence-corrected chi connectivity index (χ1v) is 7.64. The quantitative estimate of drug-likeness (QED) is 0.767. The molecule has 0 aliphatic heterocycles. The number of imidazole rings is 1. The van der Waals surface area contributed by atoms with Crippen LogP contribution in [0.5, 0.6) is 0 Å². The first-order valence-electron chi connectivity index (χ1n) is 7.10. The summed E-state index contributed by atoms with van der Waals surface area (Å²) in [6, 6.07) is 0.541. The van der Waals surface area contributed by atoms with Gasteiger partial charge in [0, 0.05) is 38.5 Å². The summed E-state index contributed by atoms with van der Waals surface area (Å²) in [5.41, 5.74) is 3.08. The summed E-state index contributed by atoms with van der Waals surface area (Å²) < 4.78 is 4.18. The summed E-state index contributed by atoms with van der Waals surface area (Å²) >= 11 is 5.91. The van der Waals surface area contributed by atoms with E-state index in [9.17, 15) is 0 Å². The Morgan fingerprint density at radius 2 is 2.05 bits per heavy atom. The van der Waals surface area contributed by atoms with Crippen molar-refractivity contribution in [2.45, 2.75) is 39.8 Å². The maximum atomic E-state index is 5.91. The van der Waals surface area contributed by atoms with Crippen molar-refractivity contribution in [3.05, 3.63) is 11.5 Å². The Morgan fingerprint density at radius 3 is 2.65 bits per heavy atom. The minimum Gasteiger partial charge on any atom is -0.312 e. The highest BCUT2D eigenvalue weighted by molar-refractivity contribution is 6.17. The molecular weight excluding hydrogens is 274 g/mol. The second-order valence-corrected chi connectivity index (χ2v) is 5.95. The van der Waals surface area contributed by atoms with Crippen LogP contribution < -0.4 is 0 Å². The molecule has 0 amide bonds. The van der Waals surface area contributed by atoms with Gasteiger partial charge in [-0.05, 0) is 27.8 Å². The lowest BCUT2D eigenvalue weighted by Crippen LogP contribution is -2.30. The second kappa shape index (κ2) is 6.14. The topological polar surface area (TPSA) is 38.9 Å². The summed E-state index contributed by atoms with van der Waals surface area (Å²) in [5.74, 6) is 1.65. The number of fused-ring (bicyclic) bond motifs is 1. The number of likely N-dealkylation sites (N-methyl/N-ethyl adjacent to an activating group) is 1. The molecule has 5 nitrogen and oxygen atoms in total. The lowest BCUT2D eigenvalue weighted by atomic mass is 10.3. The van der Waals surface area contributed by atoms with Crippen LogP contribution in [0.15, 0.2) is 0 Å². The fourth-order valence-electron chi connectivity index (χ4n) is 2.41. The van der Waals surface area contributed by atoms with Crippen molar-refractivity contribution >= 4 is 22.8 Å². The first-order chi connectivity index (χ1) is 9.45. The Bertz CT molecular complexity index is 584. The molecule has 0 fully saturated rings. The molecule has 0 saturated carbocycles. The Hall–Kier alpha value is -1.07. The van der Waals surface area contributed by atoms with E-state index in [0.29, 0.717) is 11.9 Å². The van der Waals surface area contributed by atoms with Crippen LogP contribution in [0.3, 0.4) is 0 Å². The smallest absolute Gasteiger partial charge is 0.158 e. The van der Waals surface area contributed by atoms with Gasteiger partial charge >= 0.3 is 0 Å². The van der Waals surface area contributed by atoms with Crippen LogP contribution in [0.2, 0.25) is 0 Å². The molecule has 0 saturated heterocycles. The lowest BCUT2D eigenvalue weighted by molar-refractivity contribution is 0.262. The minimum atomic E-state index is 0.541. The molecule has 0 radical (unpaired) electrons. The lowest BCUT2D eigenvalue weighted by Gasteiger charge is -2.21. The summed E-state index contributed by atoms with van der Waals surface area (Å²) in [6.45, 7) is 8.32. The summed E-state index contributed by atoms with van der Waals surface area (Å²) in [4.78, 5) is 7.06. The average molecular weight is 298 g/mol. The fourth-order valence-corrected chi connectivity index (χ4v) is 2.58. The van der Waals surface area contributed by atoms with E-state index < -0.39 is 0 Å². The standard InChI is InChI=1S/C14H24ClN5/c1-10(2)18(4)8-9-20-12(6-7-15)16-13-11(3)17-19(5)14(13)20/h10H,6-9H2,1-5H3. The second-order valence-electron chi connectivity index (χ2n) is 5.57. The van der Waals surface area contributed by atoms with Crippen molar-refractivity contribution in [1.82, 2.24) is 24.2 Å². The molecule has 0 unspecified atom stereocenters. The zero-order valence-corrected chi connectivity index (χ0v) is 13.8. The molecule has 2 aromatic rings. The van der Waals surface area contributed by atoms with Gasteiger partial charge in [-0.1, -0.05) is 0 Å². The molecule has 0 bridgehead atoms. The highest BCUT2D eigenvalue weighted by Crippen LogP contribution is 2.19. The van der Waals surface area contributed by atoms with E-state index in [1.165, 1.54) is 0 Å². The Morgan fingerprint density at radius 1 is 1.35 bits per heavy atom. The van der Waals surface area contributed by atoms with Crippen molar-refractivity contribution in [3.63, 3.8) is 0 Å². The number of hydrogen-bond donors (Lipinski definition) is 0. The normalized spacial score (nSPS) is 12.2. The molecule has 2 rings (SSSR count). The fraction of sp³-hybridized carbons (Fsp3) is 0.714. The average Bonchev–Trinajstić information content (AvgIpc) is 2.86. The van der Waals surface area contributed by atoms with Gasteiger partial charge in [-0.25, -0.2) is 4.98 Å². The third kappa shape index (κ3) is 2.83. The van der Waals surface area contributed by atoms with Gasteiger partial charge in [-0.15, -0.1) is 11.6 Å². The van der Waals surface area contributed by atoms with Crippen molar-refractivity contribution < 1.29 is 0 Å². The van der Waals surface area contributed by atoms with Gasteiger partial charge in [0.1, 0.15) is 11.3 Å². The molecule has 0 aromatic carbocycles. The molecule has 0 N–H and O–H groups in total. The van der Waals surface area contributed by atoms with Gasteiger partial charge in [0.2, 0.25) is 0 Å². The summed E-state index contributed by atoms with van der Waals surface area (Å²) in [6.07, 6.45) is 0.793. The monoisotopic (exact) mass is 297 g/mol. The maximum Gasteiger partial charge on any atom is 0.158 e. The number of hydrogen-bond acceptors (Lipinski definition) is 3. The number of aromatic nitrogens is 4. The molecule has 0 spiro atoms. The molecule has 2 heterocycles. The zero-order chi connectivity index (χ0) is 14.9. The largest absolute Gasteiger partial charge is 0.312 e.